The summed E-state index contributed by atoms with van der Waals surface area (Å²) in [5.74, 6) is -3.34. The highest BCUT2D eigenvalue weighted by Crippen LogP contribution is 2.14. The molecule has 8 N–H and O–H groups in total. The number of carbonyl (C=O) groups is 4. The van der Waals surface area contributed by atoms with Crippen LogP contribution in [-0.2, 0) is 32.0 Å². The van der Waals surface area contributed by atoms with Crippen LogP contribution in [0.1, 0.15) is 25.0 Å². The monoisotopic (exact) mass is 500 g/mol. The Hall–Kier alpha value is -4.12. The number of carbonyl (C=O) groups excluding carboxylic acids is 3. The summed E-state index contributed by atoms with van der Waals surface area (Å²) in [6.07, 6.45) is 0.0498. The number of phenolic OH excluding ortho intramolecular Hbond substituents is 2. The summed E-state index contributed by atoms with van der Waals surface area (Å²) in [4.78, 5) is 49.6. The first-order valence-corrected chi connectivity index (χ1v) is 11.4. The summed E-state index contributed by atoms with van der Waals surface area (Å²) < 4.78 is 0. The minimum atomic E-state index is -1.25. The van der Waals surface area contributed by atoms with E-state index in [0.717, 1.165) is 0 Å². The van der Waals surface area contributed by atoms with Gasteiger partial charge in [-0.3, -0.25) is 19.2 Å². The maximum atomic E-state index is 13.3. The first kappa shape index (κ1) is 28.1. The van der Waals surface area contributed by atoms with E-state index in [-0.39, 0.29) is 30.3 Å². The fourth-order valence-electron chi connectivity index (χ4n) is 3.28. The normalized spacial score (nSPS) is 13.3. The maximum absolute atomic E-state index is 13.3. The molecule has 0 saturated heterocycles. The zero-order valence-corrected chi connectivity index (χ0v) is 20.1. The molecule has 0 spiro atoms. The van der Waals surface area contributed by atoms with Crippen LogP contribution in [0.15, 0.2) is 48.5 Å². The summed E-state index contributed by atoms with van der Waals surface area (Å²) >= 11 is 0. The van der Waals surface area contributed by atoms with Crippen molar-refractivity contribution in [2.24, 2.45) is 11.7 Å². The number of hydrogen-bond acceptors (Lipinski definition) is 7. The fourth-order valence-corrected chi connectivity index (χ4v) is 3.28. The van der Waals surface area contributed by atoms with Gasteiger partial charge in [-0.1, -0.05) is 38.1 Å². The molecule has 0 aromatic heterocycles. The fraction of sp³-hybridized carbons (Fsp3) is 0.360. The molecule has 0 radical (unpaired) electrons. The van der Waals surface area contributed by atoms with Gasteiger partial charge < -0.3 is 37.0 Å². The minimum absolute atomic E-state index is 0.00283. The molecule has 0 aliphatic heterocycles. The van der Waals surface area contributed by atoms with Crippen LogP contribution in [0.4, 0.5) is 0 Å². The maximum Gasteiger partial charge on any atom is 0.322 e. The molecule has 0 fully saturated rings. The number of carboxylic acid groups (broad SMARTS) is 1. The van der Waals surface area contributed by atoms with E-state index in [1.54, 1.807) is 38.1 Å². The molecule has 0 saturated carbocycles. The molecule has 0 bridgehead atoms. The lowest BCUT2D eigenvalue weighted by molar-refractivity contribution is -0.138. The van der Waals surface area contributed by atoms with Crippen molar-refractivity contribution in [3.8, 4) is 11.5 Å². The molecule has 11 heteroatoms. The first-order chi connectivity index (χ1) is 17.0. The minimum Gasteiger partial charge on any atom is -0.508 e. The molecule has 194 valence electrons. The number of aliphatic carboxylic acids is 1. The van der Waals surface area contributed by atoms with E-state index >= 15 is 0 Å². The smallest absolute Gasteiger partial charge is 0.322 e. The van der Waals surface area contributed by atoms with Crippen LogP contribution in [0.3, 0.4) is 0 Å². The number of amides is 3. The second kappa shape index (κ2) is 13.1. The Morgan fingerprint density at radius 2 is 1.17 bits per heavy atom. The van der Waals surface area contributed by atoms with Crippen molar-refractivity contribution in [2.45, 2.75) is 44.8 Å². The molecular weight excluding hydrogens is 468 g/mol. The highest BCUT2D eigenvalue weighted by atomic mass is 16.4. The van der Waals surface area contributed by atoms with E-state index in [1.807, 2.05) is 0 Å². The van der Waals surface area contributed by atoms with E-state index in [4.69, 9.17) is 10.8 Å². The summed E-state index contributed by atoms with van der Waals surface area (Å²) in [5.41, 5.74) is 7.17. The van der Waals surface area contributed by atoms with Crippen molar-refractivity contribution >= 4 is 23.7 Å². The van der Waals surface area contributed by atoms with Crippen molar-refractivity contribution in [1.29, 1.82) is 0 Å². The van der Waals surface area contributed by atoms with Crippen LogP contribution in [0.25, 0.3) is 0 Å². The average molecular weight is 501 g/mol. The Labute approximate surface area is 208 Å². The van der Waals surface area contributed by atoms with Crippen molar-refractivity contribution < 1.29 is 34.5 Å². The molecular formula is C25H32N4O7. The topological polar surface area (TPSA) is 191 Å². The SMILES string of the molecule is CC(C)C(N)C(=O)NC(Cc1ccc(O)cc1)C(=O)NC(Cc1ccc(O)cc1)C(=O)NCC(=O)O. The van der Waals surface area contributed by atoms with Gasteiger partial charge in [-0.2, -0.15) is 0 Å². The van der Waals surface area contributed by atoms with Gasteiger partial charge in [0, 0.05) is 12.8 Å². The number of aromatic hydroxyl groups is 2. The lowest BCUT2D eigenvalue weighted by Crippen LogP contribution is -2.57. The Kier molecular flexibility index (Phi) is 10.2. The molecule has 0 heterocycles. The van der Waals surface area contributed by atoms with Crippen LogP contribution in [0.2, 0.25) is 0 Å². The number of nitrogens with one attached hydrogen (secondary N) is 3. The summed E-state index contributed by atoms with van der Waals surface area (Å²) in [7, 11) is 0. The Balaban J connectivity index is 2.27. The number of benzene rings is 2. The second-order valence-electron chi connectivity index (χ2n) is 8.74. The summed E-state index contributed by atoms with van der Waals surface area (Å²) in [6.45, 7) is 2.89. The van der Waals surface area contributed by atoms with Gasteiger partial charge in [0.25, 0.3) is 0 Å². The van der Waals surface area contributed by atoms with Gasteiger partial charge in [-0.05, 0) is 41.3 Å². The highest BCUT2D eigenvalue weighted by molar-refractivity contribution is 5.94. The van der Waals surface area contributed by atoms with Crippen molar-refractivity contribution in [3.05, 3.63) is 59.7 Å². The van der Waals surface area contributed by atoms with Gasteiger partial charge in [0.2, 0.25) is 17.7 Å². The van der Waals surface area contributed by atoms with Gasteiger partial charge in [-0.25, -0.2) is 0 Å². The number of nitrogens with two attached hydrogens (primary N) is 1. The van der Waals surface area contributed by atoms with Gasteiger partial charge >= 0.3 is 5.97 Å². The number of rotatable bonds is 12. The third kappa shape index (κ3) is 8.91. The van der Waals surface area contributed by atoms with Crippen LogP contribution in [0.5, 0.6) is 11.5 Å². The van der Waals surface area contributed by atoms with Crippen LogP contribution < -0.4 is 21.7 Å². The largest absolute Gasteiger partial charge is 0.508 e. The second-order valence-corrected chi connectivity index (χ2v) is 8.74. The molecule has 2 aromatic rings. The Morgan fingerprint density at radius 3 is 1.58 bits per heavy atom. The van der Waals surface area contributed by atoms with E-state index in [0.29, 0.717) is 11.1 Å². The molecule has 36 heavy (non-hydrogen) atoms. The molecule has 0 aliphatic rings. The van der Waals surface area contributed by atoms with Crippen molar-refractivity contribution in [1.82, 2.24) is 16.0 Å². The standard InChI is InChI=1S/C25H32N4O7/c1-14(2)22(26)25(36)29-20(12-16-5-9-18(31)10-6-16)24(35)28-19(23(34)27-13-21(32)33)11-15-3-7-17(30)8-4-15/h3-10,14,19-20,22,30-31H,11-13,26H2,1-2H3,(H,27,34)(H,28,35)(H,29,36)(H,32,33). The number of phenols is 2. The highest BCUT2D eigenvalue weighted by Gasteiger charge is 2.29. The lowest BCUT2D eigenvalue weighted by Gasteiger charge is -2.25. The third-order valence-corrected chi connectivity index (χ3v) is 5.45. The number of carboxylic acids is 1. The van der Waals surface area contributed by atoms with E-state index in [9.17, 15) is 29.4 Å². The molecule has 2 aromatic carbocycles. The van der Waals surface area contributed by atoms with Crippen molar-refractivity contribution in [3.63, 3.8) is 0 Å². The lowest BCUT2D eigenvalue weighted by atomic mass is 10.0. The van der Waals surface area contributed by atoms with Crippen LogP contribution in [0, 0.1) is 5.92 Å². The van der Waals surface area contributed by atoms with Gasteiger partial charge in [0.1, 0.15) is 30.1 Å². The van der Waals surface area contributed by atoms with E-state index in [2.05, 4.69) is 16.0 Å². The van der Waals surface area contributed by atoms with Crippen LogP contribution in [-0.4, -0.2) is 63.7 Å². The van der Waals surface area contributed by atoms with Gasteiger partial charge in [0.15, 0.2) is 0 Å². The molecule has 3 atom stereocenters. The van der Waals surface area contributed by atoms with Crippen LogP contribution >= 0.6 is 0 Å². The predicted octanol–water partition coefficient (Wildman–Crippen LogP) is 0.0367. The zero-order chi connectivity index (χ0) is 26.8. The van der Waals surface area contributed by atoms with Gasteiger partial charge in [-0.15, -0.1) is 0 Å². The summed E-state index contributed by atoms with van der Waals surface area (Å²) in [6, 6.07) is 8.90. The summed E-state index contributed by atoms with van der Waals surface area (Å²) in [5, 5.41) is 35.4. The Bertz CT molecular complexity index is 1060. The molecule has 11 nitrogen and oxygen atoms in total. The van der Waals surface area contributed by atoms with E-state index < -0.39 is 48.4 Å². The predicted molar refractivity (Wildman–Crippen MR) is 131 cm³/mol. The Morgan fingerprint density at radius 1 is 0.750 bits per heavy atom. The zero-order valence-electron chi connectivity index (χ0n) is 20.1. The third-order valence-electron chi connectivity index (χ3n) is 5.45. The molecule has 2 rings (SSSR count). The molecule has 3 unspecified atom stereocenters. The quantitative estimate of drug-likeness (QED) is 0.212. The first-order valence-electron chi connectivity index (χ1n) is 11.4. The molecule has 0 aliphatic carbocycles. The van der Waals surface area contributed by atoms with Crippen molar-refractivity contribution in [2.75, 3.05) is 6.54 Å². The molecule has 3 amide bonds. The van der Waals surface area contributed by atoms with E-state index in [1.165, 1.54) is 24.3 Å². The van der Waals surface area contributed by atoms with Gasteiger partial charge in [0.05, 0.1) is 6.04 Å². The average Bonchev–Trinajstić information content (AvgIpc) is 2.83. The number of hydrogen-bond donors (Lipinski definition) is 7.